The number of amidine groups is 1. The number of carbonyl (C=O) groups is 2. The zero-order valence-electron chi connectivity index (χ0n) is 18.1. The maximum Gasteiger partial charge on any atom is 0.264 e. The molecule has 4 rings (SSSR count). The number of para-hydroxylation sites is 1. The van der Waals surface area contributed by atoms with Gasteiger partial charge >= 0.3 is 0 Å². The van der Waals surface area contributed by atoms with Crippen LogP contribution < -0.4 is 20.1 Å². The van der Waals surface area contributed by atoms with Gasteiger partial charge in [0.1, 0.15) is 0 Å². The van der Waals surface area contributed by atoms with Crippen LogP contribution in [0.15, 0.2) is 52.4 Å². The van der Waals surface area contributed by atoms with Crippen molar-refractivity contribution in [2.75, 3.05) is 19.0 Å². The van der Waals surface area contributed by atoms with E-state index in [1.54, 1.807) is 48.5 Å². The van der Waals surface area contributed by atoms with Gasteiger partial charge in [0.25, 0.3) is 11.8 Å². The van der Waals surface area contributed by atoms with E-state index in [0.717, 1.165) is 18.4 Å². The van der Waals surface area contributed by atoms with Crippen LogP contribution in [-0.2, 0) is 9.59 Å². The molecule has 1 saturated heterocycles. The average molecular weight is 486 g/mol. The van der Waals surface area contributed by atoms with E-state index in [1.165, 1.54) is 31.7 Å². The summed E-state index contributed by atoms with van der Waals surface area (Å²) in [5, 5.41) is 6.66. The summed E-state index contributed by atoms with van der Waals surface area (Å²) >= 11 is 7.41. The Morgan fingerprint density at radius 1 is 1.24 bits per heavy atom. The first-order valence-electron chi connectivity index (χ1n) is 10.7. The van der Waals surface area contributed by atoms with Gasteiger partial charge in [-0.2, -0.15) is 0 Å². The number of carbonyl (C=O) groups excluding carboxylic acids is 2. The number of benzene rings is 2. The zero-order valence-corrected chi connectivity index (χ0v) is 19.7. The molecule has 2 aromatic carbocycles. The summed E-state index contributed by atoms with van der Waals surface area (Å²) in [4.78, 5) is 29.8. The van der Waals surface area contributed by atoms with Gasteiger partial charge in [-0.1, -0.05) is 42.6 Å². The van der Waals surface area contributed by atoms with Crippen LogP contribution >= 0.6 is 23.4 Å². The van der Waals surface area contributed by atoms with Crippen LogP contribution in [-0.4, -0.2) is 36.7 Å². The molecular formula is C24H24ClN3O4S. The van der Waals surface area contributed by atoms with E-state index >= 15 is 0 Å². The molecule has 2 aromatic rings. The number of thioether (sulfide) groups is 1. The van der Waals surface area contributed by atoms with E-state index in [9.17, 15) is 9.59 Å². The van der Waals surface area contributed by atoms with Gasteiger partial charge < -0.3 is 20.1 Å². The topological polar surface area (TPSA) is 89.0 Å². The molecule has 2 amide bonds. The van der Waals surface area contributed by atoms with Gasteiger partial charge in [-0.3, -0.25) is 14.6 Å². The molecule has 7 nitrogen and oxygen atoms in total. The number of aliphatic imine (C=N–C) groups is 1. The molecule has 0 unspecified atom stereocenters. The molecule has 172 valence electrons. The van der Waals surface area contributed by atoms with Crippen molar-refractivity contribution in [3.05, 3.63) is 58.0 Å². The lowest BCUT2D eigenvalue weighted by molar-refractivity contribution is -0.118. The molecule has 1 aliphatic carbocycles. The molecule has 2 fully saturated rings. The third kappa shape index (κ3) is 6.09. The van der Waals surface area contributed by atoms with Crippen molar-refractivity contribution in [2.24, 2.45) is 4.99 Å². The van der Waals surface area contributed by atoms with Crippen molar-refractivity contribution in [3.63, 3.8) is 0 Å². The molecule has 1 heterocycles. The Kier molecular flexibility index (Phi) is 7.57. The highest BCUT2D eigenvalue weighted by Gasteiger charge is 2.25. The van der Waals surface area contributed by atoms with Crippen molar-refractivity contribution in [1.82, 2.24) is 5.32 Å². The average Bonchev–Trinajstić information content (AvgIpc) is 3.44. The van der Waals surface area contributed by atoms with Crippen LogP contribution in [0, 0.1) is 0 Å². The lowest BCUT2D eigenvalue weighted by atomic mass is 10.2. The second kappa shape index (κ2) is 10.8. The number of ether oxygens (including phenoxy) is 2. The third-order valence-corrected chi connectivity index (χ3v) is 6.52. The largest absolute Gasteiger partial charge is 0.493 e. The van der Waals surface area contributed by atoms with Crippen molar-refractivity contribution in [2.45, 2.75) is 31.7 Å². The molecule has 0 atom stereocenters. The molecular weight excluding hydrogens is 462 g/mol. The van der Waals surface area contributed by atoms with E-state index in [-0.39, 0.29) is 18.4 Å². The van der Waals surface area contributed by atoms with E-state index in [1.807, 2.05) is 0 Å². The fraction of sp³-hybridized carbons (Fsp3) is 0.292. The number of methoxy groups -OCH3 is 1. The Morgan fingerprint density at radius 3 is 2.79 bits per heavy atom. The van der Waals surface area contributed by atoms with Crippen LogP contribution in [0.25, 0.3) is 6.08 Å². The normalized spacial score (nSPS) is 18.5. The molecule has 2 aliphatic rings. The van der Waals surface area contributed by atoms with Crippen LogP contribution in [0.5, 0.6) is 11.5 Å². The Hall–Kier alpha value is -2.97. The predicted octanol–water partition coefficient (Wildman–Crippen LogP) is 4.87. The minimum Gasteiger partial charge on any atom is -0.493 e. The van der Waals surface area contributed by atoms with Crippen molar-refractivity contribution in [3.8, 4) is 11.5 Å². The molecule has 33 heavy (non-hydrogen) atoms. The van der Waals surface area contributed by atoms with Crippen molar-refractivity contribution < 1.29 is 19.1 Å². The SMILES string of the molecule is COc1cc(/C=C2\SC(=NC3CCCC3)NC2=O)ccc1OCC(=O)Nc1ccccc1Cl. The first-order chi connectivity index (χ1) is 16.0. The Balaban J connectivity index is 1.40. The van der Waals surface area contributed by atoms with Gasteiger partial charge in [0.2, 0.25) is 0 Å². The van der Waals surface area contributed by atoms with Gasteiger partial charge in [-0.25, -0.2) is 0 Å². The maximum atomic E-state index is 12.3. The lowest BCUT2D eigenvalue weighted by Crippen LogP contribution is -2.21. The standard InChI is InChI=1S/C24H24ClN3O4S/c1-31-20-12-15(13-21-23(30)28-24(33-21)26-16-6-2-3-7-16)10-11-19(20)32-14-22(29)27-18-9-5-4-8-17(18)25/h4-5,8-13,16H,2-3,6-7,14H2,1H3,(H,27,29)(H,26,28,30)/b21-13-. The summed E-state index contributed by atoms with van der Waals surface area (Å²) in [6.07, 6.45) is 6.33. The third-order valence-electron chi connectivity index (χ3n) is 5.27. The van der Waals surface area contributed by atoms with Gasteiger partial charge in [0.05, 0.1) is 28.8 Å². The quantitative estimate of drug-likeness (QED) is 0.546. The van der Waals surface area contributed by atoms with E-state index in [4.69, 9.17) is 21.1 Å². The Morgan fingerprint density at radius 2 is 2.03 bits per heavy atom. The Bertz CT molecular complexity index is 1110. The second-order valence-corrected chi connectivity index (χ2v) is 9.10. The highest BCUT2D eigenvalue weighted by molar-refractivity contribution is 8.18. The first kappa shape index (κ1) is 23.2. The highest BCUT2D eigenvalue weighted by Crippen LogP contribution is 2.32. The Labute approximate surface area is 201 Å². The lowest BCUT2D eigenvalue weighted by Gasteiger charge is -2.12. The maximum absolute atomic E-state index is 12.3. The summed E-state index contributed by atoms with van der Waals surface area (Å²) in [7, 11) is 1.52. The van der Waals surface area contributed by atoms with Crippen LogP contribution in [0.3, 0.4) is 0 Å². The molecule has 2 N–H and O–H groups in total. The predicted molar refractivity (Wildman–Crippen MR) is 132 cm³/mol. The summed E-state index contributed by atoms with van der Waals surface area (Å²) < 4.78 is 11.1. The molecule has 1 aliphatic heterocycles. The van der Waals surface area contributed by atoms with E-state index in [2.05, 4.69) is 15.6 Å². The van der Waals surface area contributed by atoms with Gasteiger partial charge in [0.15, 0.2) is 23.3 Å². The molecule has 0 bridgehead atoms. The molecule has 9 heteroatoms. The molecule has 0 radical (unpaired) electrons. The minimum absolute atomic E-state index is 0.160. The van der Waals surface area contributed by atoms with E-state index in [0.29, 0.717) is 38.3 Å². The fourth-order valence-electron chi connectivity index (χ4n) is 3.62. The van der Waals surface area contributed by atoms with Gasteiger partial charge in [0, 0.05) is 0 Å². The molecule has 0 aromatic heterocycles. The van der Waals surface area contributed by atoms with Crippen molar-refractivity contribution >= 4 is 52.1 Å². The molecule has 0 spiro atoms. The van der Waals surface area contributed by atoms with Crippen LogP contribution in [0.4, 0.5) is 5.69 Å². The fourth-order valence-corrected chi connectivity index (χ4v) is 4.70. The second-order valence-electron chi connectivity index (χ2n) is 7.66. The number of anilines is 1. The summed E-state index contributed by atoms with van der Waals surface area (Å²) in [5.41, 5.74) is 1.30. The number of nitrogens with one attached hydrogen (secondary N) is 2. The van der Waals surface area contributed by atoms with Crippen LogP contribution in [0.2, 0.25) is 5.02 Å². The summed E-state index contributed by atoms with van der Waals surface area (Å²) in [6.45, 7) is -0.207. The monoisotopic (exact) mass is 485 g/mol. The van der Waals surface area contributed by atoms with E-state index < -0.39 is 0 Å². The molecule has 1 saturated carbocycles. The summed E-state index contributed by atoms with van der Waals surface area (Å²) in [6, 6.07) is 12.5. The highest BCUT2D eigenvalue weighted by atomic mass is 35.5. The number of amides is 2. The van der Waals surface area contributed by atoms with Crippen molar-refractivity contribution in [1.29, 1.82) is 0 Å². The van der Waals surface area contributed by atoms with Gasteiger partial charge in [-0.15, -0.1) is 0 Å². The van der Waals surface area contributed by atoms with Gasteiger partial charge in [-0.05, 0) is 60.5 Å². The summed E-state index contributed by atoms with van der Waals surface area (Å²) in [5.74, 6) is 0.371. The number of hydrogen-bond donors (Lipinski definition) is 2. The number of nitrogens with zero attached hydrogens (tertiary/aromatic N) is 1. The van der Waals surface area contributed by atoms with Crippen LogP contribution in [0.1, 0.15) is 31.2 Å². The number of halogens is 1. The number of rotatable bonds is 7. The first-order valence-corrected chi connectivity index (χ1v) is 11.8. The zero-order chi connectivity index (χ0) is 23.2. The number of hydrogen-bond acceptors (Lipinski definition) is 6. The minimum atomic E-state index is -0.343. The smallest absolute Gasteiger partial charge is 0.264 e.